The van der Waals surface area contributed by atoms with Crippen LogP contribution >= 0.6 is 11.3 Å². The first-order valence-electron chi connectivity index (χ1n) is 12.6. The first-order chi connectivity index (χ1) is 19.4. The van der Waals surface area contributed by atoms with E-state index < -0.39 is 12.3 Å². The third-order valence-electron chi connectivity index (χ3n) is 6.73. The van der Waals surface area contributed by atoms with Crippen LogP contribution in [0.1, 0.15) is 46.6 Å². The summed E-state index contributed by atoms with van der Waals surface area (Å²) in [4.78, 5) is 23.9. The van der Waals surface area contributed by atoms with Crippen molar-refractivity contribution in [2.24, 2.45) is 0 Å². The van der Waals surface area contributed by atoms with E-state index in [-0.39, 0.29) is 11.4 Å². The molecule has 4 N–H and O–H groups in total. The van der Waals surface area contributed by atoms with Crippen molar-refractivity contribution in [1.29, 1.82) is 0 Å². The summed E-state index contributed by atoms with van der Waals surface area (Å²) in [5, 5.41) is 19.9. The van der Waals surface area contributed by atoms with Crippen LogP contribution in [0.5, 0.6) is 0 Å². The fraction of sp³-hybridized carbons (Fsp3) is 0.133. The number of hydrogen-bond acceptors (Lipinski definition) is 8. The smallest absolute Gasteiger partial charge is 0.264 e. The molecule has 4 aromatic heterocycles. The predicted octanol–water partition coefficient (Wildman–Crippen LogP) is 4.12. The molecule has 4 heterocycles. The van der Waals surface area contributed by atoms with Gasteiger partial charge in [0.15, 0.2) is 11.5 Å². The molecule has 10 heteroatoms. The van der Waals surface area contributed by atoms with Gasteiger partial charge in [-0.15, -0.1) is 16.4 Å². The van der Waals surface area contributed by atoms with Crippen molar-refractivity contribution in [1.82, 2.24) is 29.5 Å². The lowest BCUT2D eigenvalue weighted by Gasteiger charge is -2.23. The molecule has 6 rings (SSSR count). The van der Waals surface area contributed by atoms with Crippen LogP contribution in [0.25, 0.3) is 22.1 Å². The van der Waals surface area contributed by atoms with Gasteiger partial charge in [-0.05, 0) is 55.5 Å². The van der Waals surface area contributed by atoms with Crippen molar-refractivity contribution in [3.8, 4) is 17.5 Å². The Hall–Kier alpha value is -4.82. The van der Waals surface area contributed by atoms with Crippen molar-refractivity contribution in [2.45, 2.75) is 26.1 Å². The van der Waals surface area contributed by atoms with Crippen molar-refractivity contribution in [3.05, 3.63) is 116 Å². The van der Waals surface area contributed by atoms with Gasteiger partial charge in [-0.3, -0.25) is 14.7 Å². The van der Waals surface area contributed by atoms with Gasteiger partial charge in [0.1, 0.15) is 11.9 Å². The Morgan fingerprint density at radius 1 is 1.07 bits per heavy atom. The lowest BCUT2D eigenvalue weighted by molar-refractivity contribution is 0.127. The molecule has 2 aromatic carbocycles. The molecule has 0 radical (unpaired) electrons. The van der Waals surface area contributed by atoms with E-state index in [9.17, 15) is 9.90 Å². The number of aromatic nitrogens is 5. The Bertz CT molecular complexity index is 1980. The van der Waals surface area contributed by atoms with Crippen LogP contribution in [-0.4, -0.2) is 29.3 Å². The number of aliphatic hydroxyl groups excluding tert-OH is 1. The highest BCUT2D eigenvalue weighted by Gasteiger charge is 2.24. The Kier molecular flexibility index (Phi) is 6.61. The lowest BCUT2D eigenvalue weighted by Crippen LogP contribution is -2.31. The summed E-state index contributed by atoms with van der Waals surface area (Å²) >= 11 is 1.53. The number of nitrogens with zero attached hydrogens (tertiary/aromatic N) is 5. The van der Waals surface area contributed by atoms with Crippen LogP contribution < -0.4 is 16.6 Å². The van der Waals surface area contributed by atoms with Gasteiger partial charge < -0.3 is 10.8 Å². The maximum Gasteiger partial charge on any atom is 0.264 e. The highest BCUT2D eigenvalue weighted by molar-refractivity contribution is 7.09. The van der Waals surface area contributed by atoms with Gasteiger partial charge in [0.25, 0.3) is 5.56 Å². The second kappa shape index (κ2) is 10.4. The molecule has 198 valence electrons. The number of hydrogen-bond donors (Lipinski definition) is 3. The molecule has 0 saturated carbocycles. The predicted molar refractivity (Wildman–Crippen MR) is 156 cm³/mol. The van der Waals surface area contributed by atoms with Crippen LogP contribution in [0.3, 0.4) is 0 Å². The molecular formula is C30H25N7O2S. The lowest BCUT2D eigenvalue weighted by atomic mass is 10.0. The average Bonchev–Trinajstić information content (AvgIpc) is 3.53. The molecule has 40 heavy (non-hydrogen) atoms. The van der Waals surface area contributed by atoms with Crippen molar-refractivity contribution >= 4 is 33.6 Å². The van der Waals surface area contributed by atoms with E-state index in [4.69, 9.17) is 5.73 Å². The molecule has 0 bridgehead atoms. The molecule has 2 atom stereocenters. The highest BCUT2D eigenvalue weighted by Crippen LogP contribution is 2.27. The molecule has 0 aliphatic carbocycles. The van der Waals surface area contributed by atoms with Gasteiger partial charge in [0.05, 0.1) is 16.5 Å². The molecule has 1 unspecified atom stereocenters. The molecule has 0 spiro atoms. The van der Waals surface area contributed by atoms with Gasteiger partial charge in [0.2, 0.25) is 0 Å². The van der Waals surface area contributed by atoms with E-state index in [1.165, 1.54) is 15.9 Å². The summed E-state index contributed by atoms with van der Waals surface area (Å²) in [6, 6.07) is 18.2. The zero-order valence-electron chi connectivity index (χ0n) is 21.7. The summed E-state index contributed by atoms with van der Waals surface area (Å²) in [5.74, 6) is 6.45. The first-order valence-corrected chi connectivity index (χ1v) is 13.5. The number of aliphatic hydroxyl groups is 1. The Morgan fingerprint density at radius 3 is 2.67 bits per heavy atom. The number of rotatable bonds is 5. The molecule has 6 aromatic rings. The molecule has 0 aliphatic rings. The summed E-state index contributed by atoms with van der Waals surface area (Å²) < 4.78 is 3.18. The molecule has 0 aliphatic heterocycles. The number of para-hydroxylation sites is 1. The minimum atomic E-state index is -1.18. The summed E-state index contributed by atoms with van der Waals surface area (Å²) in [6.07, 6.45) is 2.14. The van der Waals surface area contributed by atoms with Crippen LogP contribution in [0.4, 0.5) is 5.82 Å². The van der Waals surface area contributed by atoms with Crippen LogP contribution in [0.2, 0.25) is 0 Å². The van der Waals surface area contributed by atoms with E-state index in [2.05, 4.69) is 32.2 Å². The van der Waals surface area contributed by atoms with E-state index in [1.54, 1.807) is 28.5 Å². The number of anilines is 1. The maximum atomic E-state index is 14.2. The number of pyridine rings is 1. The number of benzene rings is 2. The normalized spacial score (nSPS) is 12.8. The van der Waals surface area contributed by atoms with Crippen molar-refractivity contribution in [3.63, 3.8) is 0 Å². The van der Waals surface area contributed by atoms with Crippen LogP contribution in [-0.2, 0) is 0 Å². The Labute approximate surface area is 233 Å². The first kappa shape index (κ1) is 25.5. The summed E-state index contributed by atoms with van der Waals surface area (Å²) in [7, 11) is 0. The maximum absolute atomic E-state index is 14.2. The van der Waals surface area contributed by atoms with E-state index in [1.807, 2.05) is 68.4 Å². The Morgan fingerprint density at radius 2 is 1.90 bits per heavy atom. The van der Waals surface area contributed by atoms with Crippen LogP contribution in [0, 0.1) is 18.8 Å². The highest BCUT2D eigenvalue weighted by atomic mass is 32.1. The van der Waals surface area contributed by atoms with Gasteiger partial charge in [-0.2, -0.15) is 0 Å². The van der Waals surface area contributed by atoms with E-state index in [0.29, 0.717) is 39.2 Å². The fourth-order valence-corrected chi connectivity index (χ4v) is 5.32. The number of nitrogens with two attached hydrogens (primary N) is 1. The minimum Gasteiger partial charge on any atom is -0.382 e. The third-order valence-corrected chi connectivity index (χ3v) is 7.49. The minimum absolute atomic E-state index is 0.170. The van der Waals surface area contributed by atoms with Crippen LogP contribution in [0.15, 0.2) is 83.4 Å². The molecule has 0 saturated heterocycles. The third kappa shape index (κ3) is 4.52. The fourth-order valence-electron chi connectivity index (χ4n) is 4.79. The largest absolute Gasteiger partial charge is 0.382 e. The zero-order chi connectivity index (χ0) is 27.8. The summed E-state index contributed by atoms with van der Waals surface area (Å²) in [6.45, 7) is 3.85. The van der Waals surface area contributed by atoms with Gasteiger partial charge in [-0.25, -0.2) is 14.5 Å². The van der Waals surface area contributed by atoms with Crippen molar-refractivity contribution in [2.75, 3.05) is 5.73 Å². The second-order valence-electron chi connectivity index (χ2n) is 9.30. The van der Waals surface area contributed by atoms with Gasteiger partial charge >= 0.3 is 0 Å². The number of nitrogens with one attached hydrogen (secondary N) is 1. The van der Waals surface area contributed by atoms with Crippen molar-refractivity contribution < 1.29 is 5.11 Å². The molecule has 0 fully saturated rings. The SMILES string of the molecule is Cc1scnc1C#Cc1cccc2cc([C@H](C)NC(O)c3c(N)nn4cccnc34)n(-c3ccccc3)c(=O)c12. The van der Waals surface area contributed by atoms with Gasteiger partial charge in [-0.1, -0.05) is 36.3 Å². The second-order valence-corrected chi connectivity index (χ2v) is 10.4. The molecule has 9 nitrogen and oxygen atoms in total. The quantitative estimate of drug-likeness (QED) is 0.219. The number of thiazole rings is 1. The standard InChI is InChI=1S/C30H25N7O2S/c1-18(34-29(38)26-27(31)35-36-15-7-14-32-28(26)36)24-16-21-9-6-8-20(12-13-23-19(2)40-17-33-23)25(21)30(39)37(24)22-10-4-3-5-11-22/h3-11,14-18,29,34,38H,1-2H3,(H2,31,35)/t18-,29?/m0/s1. The molecular weight excluding hydrogens is 522 g/mol. The summed E-state index contributed by atoms with van der Waals surface area (Å²) in [5.41, 5.74) is 11.2. The Balaban J connectivity index is 1.48. The van der Waals surface area contributed by atoms with E-state index >= 15 is 0 Å². The topological polar surface area (TPSA) is 123 Å². The number of aryl methyl sites for hydroxylation is 1. The zero-order valence-corrected chi connectivity index (χ0v) is 22.6. The molecule has 0 amide bonds. The monoisotopic (exact) mass is 547 g/mol. The average molecular weight is 548 g/mol. The van der Waals surface area contributed by atoms with Gasteiger partial charge in [0, 0.05) is 40.3 Å². The number of nitrogen functional groups attached to an aromatic ring is 1. The number of fused-ring (bicyclic) bond motifs is 2. The van der Waals surface area contributed by atoms with E-state index in [0.717, 1.165) is 10.3 Å².